The molecule has 1 aliphatic carbocycles. The standard InChI is InChI=1S/C18H26N4/c1-2-21-12-6-7-14(13-21)17-20-16-10-5-11-19-18(16)22(17)15-8-3-4-9-15/h5,10-11,14-15H,2-4,6-9,12-13H2,1H3. The number of hydrogen-bond donors (Lipinski definition) is 0. The van der Waals surface area contributed by atoms with Crippen LogP contribution in [0.4, 0.5) is 0 Å². The summed E-state index contributed by atoms with van der Waals surface area (Å²) in [6, 6.07) is 4.75. The van der Waals surface area contributed by atoms with Crippen molar-refractivity contribution in [1.29, 1.82) is 0 Å². The minimum Gasteiger partial charge on any atom is -0.309 e. The van der Waals surface area contributed by atoms with Crippen molar-refractivity contribution < 1.29 is 0 Å². The molecule has 2 aromatic rings. The van der Waals surface area contributed by atoms with E-state index in [2.05, 4.69) is 27.4 Å². The molecule has 1 aliphatic heterocycles. The van der Waals surface area contributed by atoms with Gasteiger partial charge in [-0.2, -0.15) is 0 Å². The SMILES string of the molecule is CCN1CCCC(c2nc3cccnc3n2C2CCCC2)C1. The van der Waals surface area contributed by atoms with E-state index in [0.29, 0.717) is 12.0 Å². The van der Waals surface area contributed by atoms with Gasteiger partial charge >= 0.3 is 0 Å². The molecule has 0 bridgehead atoms. The van der Waals surface area contributed by atoms with E-state index in [1.165, 1.54) is 50.9 Å². The van der Waals surface area contributed by atoms with Crippen molar-refractivity contribution in [2.24, 2.45) is 0 Å². The number of hydrogen-bond acceptors (Lipinski definition) is 3. The van der Waals surface area contributed by atoms with Crippen LogP contribution in [-0.2, 0) is 0 Å². The number of likely N-dealkylation sites (tertiary alicyclic amines) is 1. The van der Waals surface area contributed by atoms with E-state index in [4.69, 9.17) is 4.98 Å². The van der Waals surface area contributed by atoms with Gasteiger partial charge in [-0.05, 0) is 50.9 Å². The molecule has 0 radical (unpaired) electrons. The van der Waals surface area contributed by atoms with Crippen LogP contribution in [-0.4, -0.2) is 39.1 Å². The summed E-state index contributed by atoms with van der Waals surface area (Å²) in [7, 11) is 0. The van der Waals surface area contributed by atoms with Crippen LogP contribution in [0.15, 0.2) is 18.3 Å². The number of likely N-dealkylation sites (N-methyl/N-ethyl adjacent to an activating group) is 1. The lowest BCUT2D eigenvalue weighted by Crippen LogP contribution is -2.35. The van der Waals surface area contributed by atoms with Gasteiger partial charge in [0.25, 0.3) is 0 Å². The Kier molecular flexibility index (Phi) is 3.87. The van der Waals surface area contributed by atoms with Gasteiger partial charge < -0.3 is 9.47 Å². The summed E-state index contributed by atoms with van der Waals surface area (Å²) in [4.78, 5) is 12.3. The lowest BCUT2D eigenvalue weighted by molar-refractivity contribution is 0.210. The fourth-order valence-electron chi connectivity index (χ4n) is 4.31. The molecular weight excluding hydrogens is 272 g/mol. The van der Waals surface area contributed by atoms with Gasteiger partial charge in [0, 0.05) is 24.7 Å². The van der Waals surface area contributed by atoms with Crippen molar-refractivity contribution in [1.82, 2.24) is 19.4 Å². The molecule has 4 heteroatoms. The van der Waals surface area contributed by atoms with Gasteiger partial charge in [0.1, 0.15) is 11.3 Å². The highest BCUT2D eigenvalue weighted by Gasteiger charge is 2.29. The Morgan fingerprint density at radius 2 is 2.05 bits per heavy atom. The third-order valence-electron chi connectivity index (χ3n) is 5.48. The fraction of sp³-hybridized carbons (Fsp3) is 0.667. The predicted molar refractivity (Wildman–Crippen MR) is 89.1 cm³/mol. The Labute approximate surface area is 132 Å². The molecule has 2 aliphatic rings. The van der Waals surface area contributed by atoms with Crippen molar-refractivity contribution in [3.8, 4) is 0 Å². The van der Waals surface area contributed by atoms with Gasteiger partial charge in [-0.3, -0.25) is 0 Å². The van der Waals surface area contributed by atoms with Crippen LogP contribution in [0, 0.1) is 0 Å². The molecule has 1 saturated carbocycles. The molecule has 3 heterocycles. The van der Waals surface area contributed by atoms with E-state index >= 15 is 0 Å². The van der Waals surface area contributed by atoms with Crippen LogP contribution < -0.4 is 0 Å². The summed E-state index contributed by atoms with van der Waals surface area (Å²) >= 11 is 0. The summed E-state index contributed by atoms with van der Waals surface area (Å²) < 4.78 is 2.51. The van der Waals surface area contributed by atoms with E-state index in [9.17, 15) is 0 Å². The van der Waals surface area contributed by atoms with Crippen molar-refractivity contribution >= 4 is 11.2 Å². The zero-order valence-corrected chi connectivity index (χ0v) is 13.5. The average molecular weight is 298 g/mol. The first-order chi connectivity index (χ1) is 10.9. The Morgan fingerprint density at radius 3 is 2.86 bits per heavy atom. The molecule has 4 rings (SSSR count). The second-order valence-electron chi connectivity index (χ2n) is 6.86. The molecule has 22 heavy (non-hydrogen) atoms. The molecule has 2 aromatic heterocycles. The summed E-state index contributed by atoms with van der Waals surface area (Å²) in [5.74, 6) is 1.88. The topological polar surface area (TPSA) is 34.0 Å². The van der Waals surface area contributed by atoms with Gasteiger partial charge in [0.05, 0.1) is 0 Å². The molecular formula is C18H26N4. The maximum Gasteiger partial charge on any atom is 0.160 e. The minimum absolute atomic E-state index is 0.573. The lowest BCUT2D eigenvalue weighted by atomic mass is 9.96. The van der Waals surface area contributed by atoms with E-state index < -0.39 is 0 Å². The zero-order valence-electron chi connectivity index (χ0n) is 13.5. The minimum atomic E-state index is 0.573. The Morgan fingerprint density at radius 1 is 1.18 bits per heavy atom. The first-order valence-corrected chi connectivity index (χ1v) is 8.92. The number of rotatable bonds is 3. The van der Waals surface area contributed by atoms with Crippen molar-refractivity contribution in [3.63, 3.8) is 0 Å². The van der Waals surface area contributed by atoms with E-state index in [1.807, 2.05) is 12.3 Å². The Balaban J connectivity index is 1.77. The molecule has 1 saturated heterocycles. The third kappa shape index (κ3) is 2.43. The van der Waals surface area contributed by atoms with Crippen LogP contribution in [0.2, 0.25) is 0 Å². The number of aromatic nitrogens is 3. The first-order valence-electron chi connectivity index (χ1n) is 8.92. The fourth-order valence-corrected chi connectivity index (χ4v) is 4.31. The molecule has 4 nitrogen and oxygen atoms in total. The highest BCUT2D eigenvalue weighted by molar-refractivity contribution is 5.71. The van der Waals surface area contributed by atoms with Crippen LogP contribution in [0.1, 0.15) is 63.2 Å². The van der Waals surface area contributed by atoms with Crippen molar-refractivity contribution in [2.45, 2.75) is 57.4 Å². The van der Waals surface area contributed by atoms with Gasteiger partial charge in [0.2, 0.25) is 0 Å². The van der Waals surface area contributed by atoms with Gasteiger partial charge in [0.15, 0.2) is 5.65 Å². The normalized spacial score (nSPS) is 24.3. The average Bonchev–Trinajstić information content (AvgIpc) is 3.21. The highest BCUT2D eigenvalue weighted by atomic mass is 15.2. The molecule has 1 atom stereocenters. The molecule has 2 fully saturated rings. The Bertz CT molecular complexity index is 642. The van der Waals surface area contributed by atoms with Crippen molar-refractivity contribution in [2.75, 3.05) is 19.6 Å². The molecule has 0 aromatic carbocycles. The number of pyridine rings is 1. The highest BCUT2D eigenvalue weighted by Crippen LogP contribution is 2.37. The summed E-state index contributed by atoms with van der Waals surface area (Å²) in [5.41, 5.74) is 2.19. The summed E-state index contributed by atoms with van der Waals surface area (Å²) in [6.07, 6.45) is 9.76. The lowest BCUT2D eigenvalue weighted by Gasteiger charge is -2.32. The molecule has 0 N–H and O–H groups in total. The van der Waals surface area contributed by atoms with Crippen LogP contribution in [0.5, 0.6) is 0 Å². The van der Waals surface area contributed by atoms with E-state index in [0.717, 1.165) is 24.3 Å². The molecule has 0 spiro atoms. The third-order valence-corrected chi connectivity index (χ3v) is 5.48. The smallest absolute Gasteiger partial charge is 0.160 e. The van der Waals surface area contributed by atoms with Crippen LogP contribution in [0.25, 0.3) is 11.2 Å². The maximum atomic E-state index is 5.02. The quantitative estimate of drug-likeness (QED) is 0.865. The van der Waals surface area contributed by atoms with Crippen molar-refractivity contribution in [3.05, 3.63) is 24.2 Å². The predicted octanol–water partition coefficient (Wildman–Crippen LogP) is 3.75. The summed E-state index contributed by atoms with van der Waals surface area (Å²) in [6.45, 7) is 5.82. The number of nitrogens with zero attached hydrogens (tertiary/aromatic N) is 4. The number of piperidine rings is 1. The first kappa shape index (κ1) is 14.2. The van der Waals surface area contributed by atoms with E-state index in [-0.39, 0.29) is 0 Å². The second-order valence-corrected chi connectivity index (χ2v) is 6.86. The maximum absolute atomic E-state index is 5.02. The molecule has 0 amide bonds. The van der Waals surface area contributed by atoms with Gasteiger partial charge in [-0.15, -0.1) is 0 Å². The molecule has 1 unspecified atom stereocenters. The largest absolute Gasteiger partial charge is 0.309 e. The van der Waals surface area contributed by atoms with Gasteiger partial charge in [-0.1, -0.05) is 19.8 Å². The van der Waals surface area contributed by atoms with Crippen LogP contribution in [0.3, 0.4) is 0 Å². The van der Waals surface area contributed by atoms with E-state index in [1.54, 1.807) is 0 Å². The Hall–Kier alpha value is -1.42. The monoisotopic (exact) mass is 298 g/mol. The second kappa shape index (κ2) is 5.99. The number of imidazole rings is 1. The zero-order chi connectivity index (χ0) is 14.9. The van der Waals surface area contributed by atoms with Crippen LogP contribution >= 0.6 is 0 Å². The van der Waals surface area contributed by atoms with Gasteiger partial charge in [-0.25, -0.2) is 9.97 Å². The summed E-state index contributed by atoms with van der Waals surface area (Å²) in [5, 5.41) is 0. The molecule has 118 valence electrons. The number of fused-ring (bicyclic) bond motifs is 1.